The van der Waals surface area contributed by atoms with Crippen LogP contribution >= 0.6 is 0 Å². The molecular formula is C12H15N3O5. The van der Waals surface area contributed by atoms with Crippen molar-refractivity contribution in [3.8, 4) is 0 Å². The zero-order chi connectivity index (χ0) is 14.5. The molecule has 0 bridgehead atoms. The molecule has 8 heteroatoms. The topological polar surface area (TPSA) is 113 Å². The second kappa shape index (κ2) is 6.18. The number of nitrogens with one attached hydrogen (secondary N) is 1. The van der Waals surface area contributed by atoms with Gasteiger partial charge in [0, 0.05) is 32.1 Å². The van der Waals surface area contributed by atoms with Gasteiger partial charge >= 0.3 is 5.97 Å². The van der Waals surface area contributed by atoms with Crippen molar-refractivity contribution in [2.75, 3.05) is 19.6 Å². The summed E-state index contributed by atoms with van der Waals surface area (Å²) in [5.74, 6) is -2.24. The number of carboxylic acid groups (broad SMARTS) is 1. The summed E-state index contributed by atoms with van der Waals surface area (Å²) in [4.78, 5) is 35.7. The first-order chi connectivity index (χ1) is 9.58. The Balaban J connectivity index is 1.76. The Kier molecular flexibility index (Phi) is 4.34. The van der Waals surface area contributed by atoms with Crippen LogP contribution in [0.3, 0.4) is 0 Å². The van der Waals surface area contributed by atoms with Gasteiger partial charge in [-0.1, -0.05) is 5.16 Å². The molecule has 0 aromatic carbocycles. The van der Waals surface area contributed by atoms with Crippen LogP contribution in [0.1, 0.15) is 40.3 Å². The molecule has 1 saturated heterocycles. The standard InChI is InChI=1S/C12H15N3O5/c16-10(15-5-1-2-6-15)3-4-13-11(17)8-7-9(12(18)19)20-14-8/h7H,1-6H2,(H,13,17)(H,18,19). The molecule has 1 aromatic rings. The van der Waals surface area contributed by atoms with Crippen molar-refractivity contribution in [2.45, 2.75) is 19.3 Å². The van der Waals surface area contributed by atoms with Crippen molar-refractivity contribution < 1.29 is 24.0 Å². The summed E-state index contributed by atoms with van der Waals surface area (Å²) in [6.07, 6.45) is 2.26. The molecule has 108 valence electrons. The van der Waals surface area contributed by atoms with E-state index in [4.69, 9.17) is 5.11 Å². The summed E-state index contributed by atoms with van der Waals surface area (Å²) in [7, 11) is 0. The van der Waals surface area contributed by atoms with E-state index in [2.05, 4.69) is 15.0 Å². The van der Waals surface area contributed by atoms with E-state index < -0.39 is 17.6 Å². The van der Waals surface area contributed by atoms with Gasteiger partial charge in [0.2, 0.25) is 11.7 Å². The molecule has 0 aliphatic carbocycles. The van der Waals surface area contributed by atoms with E-state index in [1.807, 2.05) is 0 Å². The van der Waals surface area contributed by atoms with Crippen LogP contribution in [-0.2, 0) is 4.79 Å². The lowest BCUT2D eigenvalue weighted by molar-refractivity contribution is -0.129. The minimum atomic E-state index is -1.29. The molecule has 0 radical (unpaired) electrons. The van der Waals surface area contributed by atoms with Crippen LogP contribution in [0.2, 0.25) is 0 Å². The first-order valence-electron chi connectivity index (χ1n) is 6.34. The van der Waals surface area contributed by atoms with Crippen molar-refractivity contribution in [3.63, 3.8) is 0 Å². The van der Waals surface area contributed by atoms with Crippen molar-refractivity contribution in [1.82, 2.24) is 15.4 Å². The maximum absolute atomic E-state index is 11.7. The van der Waals surface area contributed by atoms with Crippen LogP contribution in [0.4, 0.5) is 0 Å². The maximum Gasteiger partial charge on any atom is 0.374 e. The molecule has 0 atom stereocenters. The number of hydrogen-bond donors (Lipinski definition) is 2. The van der Waals surface area contributed by atoms with Crippen molar-refractivity contribution in [1.29, 1.82) is 0 Å². The summed E-state index contributed by atoms with van der Waals surface area (Å²) in [5, 5.41) is 14.5. The van der Waals surface area contributed by atoms with E-state index in [9.17, 15) is 14.4 Å². The van der Waals surface area contributed by atoms with Crippen LogP contribution < -0.4 is 5.32 Å². The molecule has 1 aliphatic heterocycles. The minimum absolute atomic E-state index is 0.00850. The van der Waals surface area contributed by atoms with Crippen LogP contribution in [0.15, 0.2) is 10.6 Å². The Hall–Kier alpha value is -2.38. The summed E-state index contributed by atoms with van der Waals surface area (Å²) in [6, 6.07) is 1.04. The first-order valence-corrected chi connectivity index (χ1v) is 6.34. The van der Waals surface area contributed by atoms with Gasteiger partial charge in [-0.05, 0) is 12.8 Å². The Bertz CT molecular complexity index is 519. The number of hydrogen-bond acceptors (Lipinski definition) is 5. The van der Waals surface area contributed by atoms with Crippen LogP contribution in [0, 0.1) is 0 Å². The average molecular weight is 281 g/mol. The highest BCUT2D eigenvalue weighted by atomic mass is 16.5. The fourth-order valence-corrected chi connectivity index (χ4v) is 1.98. The van der Waals surface area contributed by atoms with Gasteiger partial charge in [-0.3, -0.25) is 9.59 Å². The van der Waals surface area contributed by atoms with Crippen LogP contribution in [0.5, 0.6) is 0 Å². The lowest BCUT2D eigenvalue weighted by atomic mass is 10.3. The lowest BCUT2D eigenvalue weighted by Gasteiger charge is -2.14. The number of rotatable bonds is 5. The number of carboxylic acids is 1. The highest BCUT2D eigenvalue weighted by molar-refractivity contribution is 5.95. The number of carbonyl (C=O) groups excluding carboxylic acids is 2. The molecule has 1 aliphatic rings. The Morgan fingerprint density at radius 3 is 2.65 bits per heavy atom. The first kappa shape index (κ1) is 14.0. The number of likely N-dealkylation sites (tertiary alicyclic amines) is 1. The molecular weight excluding hydrogens is 266 g/mol. The third kappa shape index (κ3) is 3.34. The van der Waals surface area contributed by atoms with Gasteiger partial charge < -0.3 is 19.8 Å². The molecule has 20 heavy (non-hydrogen) atoms. The largest absolute Gasteiger partial charge is 0.475 e. The average Bonchev–Trinajstić information content (AvgIpc) is 3.09. The number of nitrogens with zero attached hydrogens (tertiary/aromatic N) is 2. The fourth-order valence-electron chi connectivity index (χ4n) is 1.98. The predicted octanol–water partition coefficient (Wildman–Crippen LogP) is 0.115. The molecule has 2 heterocycles. The molecule has 1 fully saturated rings. The number of carbonyl (C=O) groups is 3. The summed E-state index contributed by atoms with van der Waals surface area (Å²) >= 11 is 0. The highest BCUT2D eigenvalue weighted by Crippen LogP contribution is 2.08. The zero-order valence-corrected chi connectivity index (χ0v) is 10.8. The number of aromatic carboxylic acids is 1. The monoisotopic (exact) mass is 281 g/mol. The van der Waals surface area contributed by atoms with E-state index in [0.717, 1.165) is 32.0 Å². The van der Waals surface area contributed by atoms with E-state index in [0.29, 0.717) is 0 Å². The normalized spacial score (nSPS) is 14.3. The second-order valence-electron chi connectivity index (χ2n) is 4.48. The molecule has 0 unspecified atom stereocenters. The van der Waals surface area contributed by atoms with E-state index >= 15 is 0 Å². The molecule has 0 spiro atoms. The van der Waals surface area contributed by atoms with Gasteiger partial charge in [0.25, 0.3) is 5.91 Å². The van der Waals surface area contributed by atoms with Crippen LogP contribution in [0.25, 0.3) is 0 Å². The number of amides is 2. The maximum atomic E-state index is 11.7. The molecule has 1 aromatic heterocycles. The van der Waals surface area contributed by atoms with Gasteiger partial charge in [-0.2, -0.15) is 0 Å². The molecule has 0 saturated carbocycles. The zero-order valence-electron chi connectivity index (χ0n) is 10.8. The molecule has 2 amide bonds. The quantitative estimate of drug-likeness (QED) is 0.792. The van der Waals surface area contributed by atoms with Gasteiger partial charge in [0.1, 0.15) is 0 Å². The molecule has 2 N–H and O–H groups in total. The van der Waals surface area contributed by atoms with Crippen LogP contribution in [-0.4, -0.2) is 52.6 Å². The third-order valence-corrected chi connectivity index (χ3v) is 3.04. The Morgan fingerprint density at radius 1 is 1.35 bits per heavy atom. The highest BCUT2D eigenvalue weighted by Gasteiger charge is 2.19. The van der Waals surface area contributed by atoms with E-state index in [1.165, 1.54) is 0 Å². The van der Waals surface area contributed by atoms with Gasteiger partial charge in [-0.15, -0.1) is 0 Å². The minimum Gasteiger partial charge on any atom is -0.475 e. The van der Waals surface area contributed by atoms with Crippen molar-refractivity contribution in [2.24, 2.45) is 0 Å². The SMILES string of the molecule is O=C(NCCC(=O)N1CCCC1)c1cc(C(=O)O)on1. The van der Waals surface area contributed by atoms with Gasteiger partial charge in [0.15, 0.2) is 5.69 Å². The van der Waals surface area contributed by atoms with Gasteiger partial charge in [0.05, 0.1) is 0 Å². The summed E-state index contributed by atoms with van der Waals surface area (Å²) in [6.45, 7) is 1.74. The smallest absolute Gasteiger partial charge is 0.374 e. The Labute approximate surface area is 114 Å². The lowest BCUT2D eigenvalue weighted by Crippen LogP contribution is -2.32. The molecule has 8 nitrogen and oxygen atoms in total. The number of aromatic nitrogens is 1. The fraction of sp³-hybridized carbons (Fsp3) is 0.500. The van der Waals surface area contributed by atoms with Gasteiger partial charge in [-0.25, -0.2) is 4.79 Å². The Morgan fingerprint density at radius 2 is 2.05 bits per heavy atom. The summed E-state index contributed by atoms with van der Waals surface area (Å²) < 4.78 is 4.47. The summed E-state index contributed by atoms with van der Waals surface area (Å²) in [5.41, 5.74) is -0.115. The predicted molar refractivity (Wildman–Crippen MR) is 66.2 cm³/mol. The third-order valence-electron chi connectivity index (χ3n) is 3.04. The van der Waals surface area contributed by atoms with E-state index in [-0.39, 0.29) is 24.6 Å². The van der Waals surface area contributed by atoms with Crippen molar-refractivity contribution >= 4 is 17.8 Å². The second-order valence-corrected chi connectivity index (χ2v) is 4.48. The van der Waals surface area contributed by atoms with Crippen molar-refractivity contribution in [3.05, 3.63) is 17.5 Å². The van der Waals surface area contributed by atoms with E-state index in [1.54, 1.807) is 4.90 Å². The molecule has 2 rings (SSSR count).